The van der Waals surface area contributed by atoms with Crippen LogP contribution in [0.5, 0.6) is 0 Å². The molecule has 1 aromatic rings. The molecule has 2 N–H and O–H groups in total. The summed E-state index contributed by atoms with van der Waals surface area (Å²) >= 11 is 5.40. The number of benzene rings is 1. The molecule has 1 aliphatic heterocycles. The second-order valence-corrected chi connectivity index (χ2v) is 10.0. The molecule has 7 nitrogen and oxygen atoms in total. The quantitative estimate of drug-likeness (QED) is 0.143. The summed E-state index contributed by atoms with van der Waals surface area (Å²) in [6.45, 7) is 5.38. The van der Waals surface area contributed by atoms with Crippen LogP contribution < -0.4 is 10.6 Å². The third-order valence-corrected chi connectivity index (χ3v) is 6.78. The van der Waals surface area contributed by atoms with Crippen molar-refractivity contribution in [3.63, 3.8) is 0 Å². The Morgan fingerprint density at radius 1 is 1.05 bits per heavy atom. The molecule has 0 radical (unpaired) electrons. The minimum atomic E-state index is -0.803. The van der Waals surface area contributed by atoms with Gasteiger partial charge in [0.2, 0.25) is 11.8 Å². The first-order chi connectivity index (χ1) is 17.9. The van der Waals surface area contributed by atoms with Gasteiger partial charge in [-0.2, -0.15) is 0 Å². The standard InChI is InChI=1S/C29H43N3O4S/c1-3-4-5-6-7-8-9-10-11-12-21-36-27(34)22-25-28(35)30-19-20-32(25)29(37)31-26(33)18-17-24-15-13-23(2)14-16-24/h13-18,25H,3-12,19-22H2,1-2H3,(H,30,35)(H,31,33,37)/b18-17+. The average Bonchev–Trinajstić information content (AvgIpc) is 2.88. The number of hydrogen-bond acceptors (Lipinski definition) is 5. The predicted molar refractivity (Wildman–Crippen MR) is 152 cm³/mol. The maximum Gasteiger partial charge on any atom is 0.308 e. The fraction of sp³-hybridized carbons (Fsp3) is 0.586. The van der Waals surface area contributed by atoms with Crippen LogP contribution >= 0.6 is 12.2 Å². The summed E-state index contributed by atoms with van der Waals surface area (Å²) in [5.74, 6) is -1.12. The van der Waals surface area contributed by atoms with Gasteiger partial charge in [0.05, 0.1) is 13.0 Å². The summed E-state index contributed by atoms with van der Waals surface area (Å²) in [6.07, 6.45) is 15.1. The normalized spacial score (nSPS) is 15.5. The number of esters is 1. The molecular weight excluding hydrogens is 486 g/mol. The topological polar surface area (TPSA) is 87.7 Å². The van der Waals surface area contributed by atoms with Crippen LogP contribution in [0, 0.1) is 6.92 Å². The highest BCUT2D eigenvalue weighted by atomic mass is 32.1. The largest absolute Gasteiger partial charge is 0.466 e. The van der Waals surface area contributed by atoms with E-state index >= 15 is 0 Å². The third-order valence-electron chi connectivity index (χ3n) is 6.45. The number of rotatable bonds is 15. The molecule has 1 unspecified atom stereocenters. The summed E-state index contributed by atoms with van der Waals surface area (Å²) < 4.78 is 5.38. The number of unbranched alkanes of at least 4 members (excludes halogenated alkanes) is 9. The van der Waals surface area contributed by atoms with Gasteiger partial charge in [-0.1, -0.05) is 94.5 Å². The molecule has 2 amide bonds. The molecule has 37 heavy (non-hydrogen) atoms. The van der Waals surface area contributed by atoms with Gasteiger partial charge in [0.25, 0.3) is 0 Å². The van der Waals surface area contributed by atoms with Crippen molar-refractivity contribution in [2.24, 2.45) is 0 Å². The van der Waals surface area contributed by atoms with Crippen molar-refractivity contribution in [1.29, 1.82) is 0 Å². The summed E-state index contributed by atoms with van der Waals surface area (Å²) in [7, 11) is 0. The molecule has 0 aliphatic carbocycles. The monoisotopic (exact) mass is 529 g/mol. The van der Waals surface area contributed by atoms with Crippen LogP contribution in [0.25, 0.3) is 6.08 Å². The number of piperazine rings is 1. The molecule has 0 aromatic heterocycles. The number of thiocarbonyl (C=S) groups is 1. The number of nitrogens with zero attached hydrogens (tertiary/aromatic N) is 1. The summed E-state index contributed by atoms with van der Waals surface area (Å²) in [4.78, 5) is 38.9. The van der Waals surface area contributed by atoms with Crippen LogP contribution in [0.2, 0.25) is 0 Å². The van der Waals surface area contributed by atoms with Crippen molar-refractivity contribution in [2.75, 3.05) is 19.7 Å². The van der Waals surface area contributed by atoms with Crippen molar-refractivity contribution in [3.8, 4) is 0 Å². The Morgan fingerprint density at radius 2 is 1.68 bits per heavy atom. The molecule has 1 saturated heterocycles. The minimum Gasteiger partial charge on any atom is -0.466 e. The molecule has 0 spiro atoms. The Bertz CT molecular complexity index is 901. The second kappa shape index (κ2) is 17.7. The predicted octanol–water partition coefficient (Wildman–Crippen LogP) is 5.06. The van der Waals surface area contributed by atoms with Crippen LogP contribution in [-0.2, 0) is 19.1 Å². The van der Waals surface area contributed by atoms with Crippen LogP contribution in [0.1, 0.15) is 88.7 Å². The smallest absolute Gasteiger partial charge is 0.308 e. The number of nitrogens with one attached hydrogen (secondary N) is 2. The number of carbonyl (C=O) groups excluding carboxylic acids is 3. The maximum absolute atomic E-state index is 12.5. The maximum atomic E-state index is 12.5. The highest BCUT2D eigenvalue weighted by Gasteiger charge is 2.34. The second-order valence-electron chi connectivity index (χ2n) is 9.65. The van der Waals surface area contributed by atoms with Crippen molar-refractivity contribution >= 4 is 41.2 Å². The zero-order valence-electron chi connectivity index (χ0n) is 22.4. The first-order valence-corrected chi connectivity index (χ1v) is 14.1. The lowest BCUT2D eigenvalue weighted by Crippen LogP contribution is -2.60. The molecule has 1 heterocycles. The van der Waals surface area contributed by atoms with Crippen LogP contribution in [0.15, 0.2) is 30.3 Å². The van der Waals surface area contributed by atoms with E-state index in [1.807, 2.05) is 31.2 Å². The van der Waals surface area contributed by atoms with E-state index in [4.69, 9.17) is 17.0 Å². The van der Waals surface area contributed by atoms with E-state index in [2.05, 4.69) is 17.6 Å². The van der Waals surface area contributed by atoms with Gasteiger partial charge in [0, 0.05) is 19.2 Å². The molecule has 1 aliphatic rings. The number of amides is 2. The Labute approximate surface area is 227 Å². The summed E-state index contributed by atoms with van der Waals surface area (Å²) in [5.41, 5.74) is 2.03. The molecule has 0 saturated carbocycles. The fourth-order valence-electron chi connectivity index (χ4n) is 4.22. The van der Waals surface area contributed by atoms with Gasteiger partial charge >= 0.3 is 5.97 Å². The number of aryl methyl sites for hydroxylation is 1. The Morgan fingerprint density at radius 3 is 2.32 bits per heavy atom. The zero-order chi connectivity index (χ0) is 26.9. The van der Waals surface area contributed by atoms with Gasteiger partial charge in [-0.25, -0.2) is 0 Å². The van der Waals surface area contributed by atoms with Gasteiger partial charge in [0.15, 0.2) is 5.11 Å². The summed E-state index contributed by atoms with van der Waals surface area (Å²) in [6, 6.07) is 6.97. The number of carbonyl (C=O) groups is 3. The van der Waals surface area contributed by atoms with Gasteiger partial charge in [0.1, 0.15) is 6.04 Å². The first kappa shape index (κ1) is 30.5. The molecule has 8 heteroatoms. The van der Waals surface area contributed by atoms with Crippen molar-refractivity contribution in [1.82, 2.24) is 15.5 Å². The van der Waals surface area contributed by atoms with E-state index in [9.17, 15) is 14.4 Å². The molecule has 1 atom stereocenters. The van der Waals surface area contributed by atoms with Gasteiger partial charge in [-0.05, 0) is 37.2 Å². The lowest BCUT2D eigenvalue weighted by atomic mass is 10.1. The van der Waals surface area contributed by atoms with E-state index in [1.165, 1.54) is 51.0 Å². The average molecular weight is 530 g/mol. The van der Waals surface area contributed by atoms with Gasteiger partial charge in [-0.15, -0.1) is 0 Å². The van der Waals surface area contributed by atoms with Gasteiger partial charge in [-0.3, -0.25) is 19.7 Å². The lowest BCUT2D eigenvalue weighted by Gasteiger charge is -2.36. The Kier molecular flexibility index (Phi) is 14.6. The van der Waals surface area contributed by atoms with E-state index < -0.39 is 12.0 Å². The Hall–Kier alpha value is -2.74. The van der Waals surface area contributed by atoms with Crippen molar-refractivity contribution in [3.05, 3.63) is 41.5 Å². The van der Waals surface area contributed by atoms with E-state index in [0.29, 0.717) is 19.7 Å². The Balaban J connectivity index is 1.70. The highest BCUT2D eigenvalue weighted by Crippen LogP contribution is 2.13. The molecule has 1 aromatic carbocycles. The number of ether oxygens (including phenoxy) is 1. The molecule has 204 valence electrons. The third kappa shape index (κ3) is 12.4. The first-order valence-electron chi connectivity index (χ1n) is 13.7. The number of hydrogen-bond donors (Lipinski definition) is 2. The molecule has 1 fully saturated rings. The van der Waals surface area contributed by atoms with Crippen LogP contribution in [-0.4, -0.2) is 53.5 Å². The highest BCUT2D eigenvalue weighted by molar-refractivity contribution is 7.80. The summed E-state index contributed by atoms with van der Waals surface area (Å²) in [5, 5.41) is 5.54. The lowest BCUT2D eigenvalue weighted by molar-refractivity contribution is -0.147. The van der Waals surface area contributed by atoms with Crippen molar-refractivity contribution < 1.29 is 19.1 Å². The van der Waals surface area contributed by atoms with E-state index in [0.717, 1.165) is 30.4 Å². The van der Waals surface area contributed by atoms with Crippen LogP contribution in [0.3, 0.4) is 0 Å². The molecular formula is C29H43N3O4S. The molecule has 0 bridgehead atoms. The van der Waals surface area contributed by atoms with E-state index in [-0.39, 0.29) is 23.3 Å². The fourth-order valence-corrected chi connectivity index (χ4v) is 4.54. The van der Waals surface area contributed by atoms with E-state index in [1.54, 1.807) is 11.0 Å². The minimum absolute atomic E-state index is 0.112. The zero-order valence-corrected chi connectivity index (χ0v) is 23.2. The molecule has 2 rings (SSSR count). The van der Waals surface area contributed by atoms with Crippen molar-refractivity contribution in [2.45, 2.75) is 90.5 Å². The SMILES string of the molecule is CCCCCCCCCCCCOC(=O)CC1C(=O)NCCN1C(=S)NC(=O)/C=C/c1ccc(C)cc1. The van der Waals surface area contributed by atoms with Crippen LogP contribution in [0.4, 0.5) is 0 Å². The van der Waals surface area contributed by atoms with Gasteiger partial charge < -0.3 is 15.0 Å².